The largest absolute Gasteiger partial charge is 0.389 e. The van der Waals surface area contributed by atoms with Crippen LogP contribution in [0.2, 0.25) is 0 Å². The van der Waals surface area contributed by atoms with Crippen LogP contribution in [0.3, 0.4) is 0 Å². The second-order valence-electron chi connectivity index (χ2n) is 9.79. The Bertz CT molecular complexity index is 1240. The van der Waals surface area contributed by atoms with Gasteiger partial charge in [-0.05, 0) is 31.4 Å². The molecule has 3 aromatic heterocycles. The first-order valence-electron chi connectivity index (χ1n) is 13.2. The molecule has 0 atom stereocenters. The summed E-state index contributed by atoms with van der Waals surface area (Å²) in [5.74, 6) is -3.32. The van der Waals surface area contributed by atoms with E-state index in [0.29, 0.717) is 35.3 Å². The minimum atomic E-state index is -4.37. The zero-order valence-electron chi connectivity index (χ0n) is 22.2. The number of halogens is 5. The van der Waals surface area contributed by atoms with Crippen molar-refractivity contribution < 1.29 is 36.1 Å². The molecule has 0 spiro atoms. The van der Waals surface area contributed by atoms with Gasteiger partial charge in [-0.25, -0.2) is 18.3 Å². The van der Waals surface area contributed by atoms with Crippen molar-refractivity contribution in [3.63, 3.8) is 0 Å². The topological polar surface area (TPSA) is 114 Å². The van der Waals surface area contributed by atoms with Gasteiger partial charge < -0.3 is 15.2 Å². The number of fused-ring (bicyclic) bond motifs is 1. The van der Waals surface area contributed by atoms with E-state index in [1.54, 1.807) is 19.2 Å². The van der Waals surface area contributed by atoms with E-state index in [2.05, 4.69) is 25.9 Å². The van der Waals surface area contributed by atoms with E-state index in [1.807, 2.05) is 0 Å². The number of nitrogens with zero attached hydrogens (tertiary/aromatic N) is 4. The number of alkyl halides is 5. The van der Waals surface area contributed by atoms with E-state index in [0.717, 1.165) is 6.42 Å². The van der Waals surface area contributed by atoms with E-state index in [-0.39, 0.29) is 31.7 Å². The maximum atomic E-state index is 12.2. The number of hydrogen-bond acceptors (Lipinski definition) is 6. The first-order chi connectivity index (χ1) is 18.9. The molecular formula is C26H33F5N6O3. The molecule has 2 fully saturated rings. The molecule has 40 heavy (non-hydrogen) atoms. The van der Waals surface area contributed by atoms with Gasteiger partial charge in [0, 0.05) is 31.4 Å². The highest BCUT2D eigenvalue weighted by Crippen LogP contribution is 2.32. The maximum Gasteiger partial charge on any atom is 0.389 e. The van der Waals surface area contributed by atoms with Crippen LogP contribution in [-0.4, -0.2) is 43.7 Å². The van der Waals surface area contributed by atoms with Crippen molar-refractivity contribution in [1.29, 1.82) is 0 Å². The summed E-state index contributed by atoms with van der Waals surface area (Å²) in [7, 11) is 0. The molecule has 9 nitrogen and oxygen atoms in total. The number of nitrogens with one attached hydrogen (secondary N) is 2. The summed E-state index contributed by atoms with van der Waals surface area (Å²) in [6, 6.07) is 1.64. The van der Waals surface area contributed by atoms with Gasteiger partial charge in [0.05, 0.1) is 37.3 Å². The lowest BCUT2D eigenvalue weighted by molar-refractivity contribution is -0.144. The van der Waals surface area contributed by atoms with Crippen LogP contribution in [0.4, 0.5) is 22.0 Å². The molecule has 0 bridgehead atoms. The number of aromatic nitrogens is 4. The van der Waals surface area contributed by atoms with Crippen LogP contribution in [0, 0.1) is 6.92 Å². The van der Waals surface area contributed by atoms with Crippen LogP contribution in [0.1, 0.15) is 91.6 Å². The Morgan fingerprint density at radius 1 is 1.02 bits per heavy atom. The van der Waals surface area contributed by atoms with E-state index in [9.17, 15) is 31.5 Å². The number of hydrogen-bond donors (Lipinski definition) is 2. The first kappa shape index (κ1) is 31.0. The second kappa shape index (κ2) is 14.2. The Hall–Kier alpha value is -3.58. The Balaban J connectivity index is 0.000000331. The fourth-order valence-electron chi connectivity index (χ4n) is 3.52. The summed E-state index contributed by atoms with van der Waals surface area (Å²) in [6.45, 7) is 1.86. The number of amides is 2. The van der Waals surface area contributed by atoms with Gasteiger partial charge >= 0.3 is 6.18 Å². The number of carbonyl (C=O) groups is 2. The van der Waals surface area contributed by atoms with Gasteiger partial charge in [0.1, 0.15) is 0 Å². The third-order valence-corrected chi connectivity index (χ3v) is 5.88. The second-order valence-corrected chi connectivity index (χ2v) is 9.79. The predicted octanol–water partition coefficient (Wildman–Crippen LogP) is 5.67. The Morgan fingerprint density at radius 2 is 1.70 bits per heavy atom. The van der Waals surface area contributed by atoms with Gasteiger partial charge in [0.25, 0.3) is 5.91 Å². The molecule has 0 aliphatic heterocycles. The molecule has 5 rings (SSSR count). The van der Waals surface area contributed by atoms with Gasteiger partial charge in [-0.2, -0.15) is 18.3 Å². The molecule has 0 radical (unpaired) electrons. The lowest BCUT2D eigenvalue weighted by atomic mass is 9.97. The summed E-state index contributed by atoms with van der Waals surface area (Å²) in [6.07, 6.45) is 5.53. The number of imidazole rings is 1. The molecule has 2 aliphatic carbocycles. The number of carbonyl (C=O) groups excluding carboxylic acids is 2. The molecule has 2 N–H and O–H groups in total. The van der Waals surface area contributed by atoms with Crippen LogP contribution >= 0.6 is 0 Å². The molecule has 14 heteroatoms. The molecule has 0 saturated heterocycles. The fourth-order valence-corrected chi connectivity index (χ4v) is 3.52. The Morgan fingerprint density at radius 3 is 2.25 bits per heavy atom. The van der Waals surface area contributed by atoms with Crippen molar-refractivity contribution in [2.24, 2.45) is 0 Å². The van der Waals surface area contributed by atoms with Gasteiger partial charge in [-0.1, -0.05) is 30.8 Å². The van der Waals surface area contributed by atoms with Crippen LogP contribution in [-0.2, 0) is 17.9 Å². The van der Waals surface area contributed by atoms with E-state index < -0.39 is 36.8 Å². The molecule has 3 heterocycles. The van der Waals surface area contributed by atoms with Crippen molar-refractivity contribution in [1.82, 2.24) is 30.4 Å². The zero-order valence-corrected chi connectivity index (χ0v) is 22.2. The normalized spacial score (nSPS) is 15.8. The van der Waals surface area contributed by atoms with E-state index in [1.165, 1.54) is 36.2 Å². The Labute approximate surface area is 227 Å². The van der Waals surface area contributed by atoms with E-state index in [4.69, 9.17) is 4.52 Å². The van der Waals surface area contributed by atoms with E-state index >= 15 is 0 Å². The van der Waals surface area contributed by atoms with Crippen LogP contribution in [0.25, 0.3) is 5.65 Å². The highest BCUT2D eigenvalue weighted by Gasteiger charge is 2.30. The fraction of sp³-hybridized carbons (Fsp3) is 0.577. The lowest BCUT2D eigenvalue weighted by Gasteiger charge is -2.20. The van der Waals surface area contributed by atoms with Gasteiger partial charge in [0.2, 0.25) is 17.6 Å². The lowest BCUT2D eigenvalue weighted by Crippen LogP contribution is -2.24. The SMILES string of the molecule is C1CC1.Cc1cnoc1C(=O)NCc1cn2ncc(CNC(=O)CCC(F)(F)F)cc2n1.FC1(F)CCCCC1. The van der Waals surface area contributed by atoms with Gasteiger partial charge in [-0.15, -0.1) is 0 Å². The van der Waals surface area contributed by atoms with Crippen molar-refractivity contribution in [3.05, 3.63) is 47.2 Å². The average molecular weight is 573 g/mol. The minimum absolute atomic E-state index is 0.0316. The van der Waals surface area contributed by atoms with Crippen LogP contribution in [0.5, 0.6) is 0 Å². The third-order valence-electron chi connectivity index (χ3n) is 5.88. The average Bonchev–Trinajstić information content (AvgIpc) is 3.63. The highest BCUT2D eigenvalue weighted by molar-refractivity contribution is 5.92. The number of rotatable bonds is 7. The van der Waals surface area contributed by atoms with Crippen molar-refractivity contribution in [2.75, 3.05) is 0 Å². The van der Waals surface area contributed by atoms with Gasteiger partial charge in [0.15, 0.2) is 5.65 Å². The standard InChI is InChI=1S/C17H17F3N6O3.C6H10F2.C3H6/c1-10-5-24-29-15(10)16(28)22-8-12-9-26-13(25-12)4-11(7-23-26)6-21-14(27)2-3-17(18,19)20;7-6(8)4-2-1-3-5-6;1-2-3-1/h4-5,7,9H,2-3,6,8H2,1H3,(H,21,27)(H,22,28);1-5H2;1-3H2. The zero-order chi connectivity index (χ0) is 29.2. The van der Waals surface area contributed by atoms with Crippen LogP contribution in [0.15, 0.2) is 29.2 Å². The summed E-state index contributed by atoms with van der Waals surface area (Å²) < 4.78 is 67.2. The predicted molar refractivity (Wildman–Crippen MR) is 134 cm³/mol. The number of aryl methyl sites for hydroxylation is 1. The molecule has 2 aliphatic rings. The smallest absolute Gasteiger partial charge is 0.352 e. The summed E-state index contributed by atoms with van der Waals surface area (Å²) in [5, 5.41) is 12.8. The molecule has 3 aromatic rings. The van der Waals surface area contributed by atoms with Crippen molar-refractivity contribution in [3.8, 4) is 0 Å². The molecule has 220 valence electrons. The first-order valence-corrected chi connectivity index (χ1v) is 13.2. The quantitative estimate of drug-likeness (QED) is 0.353. The van der Waals surface area contributed by atoms with Crippen molar-refractivity contribution >= 4 is 17.5 Å². The monoisotopic (exact) mass is 572 g/mol. The Kier molecular flexibility index (Phi) is 11.0. The summed E-state index contributed by atoms with van der Waals surface area (Å²) in [5.41, 5.74) is 2.19. The summed E-state index contributed by atoms with van der Waals surface area (Å²) >= 11 is 0. The van der Waals surface area contributed by atoms with Gasteiger partial charge in [-0.3, -0.25) is 9.59 Å². The molecular weight excluding hydrogens is 539 g/mol. The molecule has 0 unspecified atom stereocenters. The summed E-state index contributed by atoms with van der Waals surface area (Å²) in [4.78, 5) is 27.8. The molecule has 2 amide bonds. The molecule has 2 saturated carbocycles. The molecule has 0 aromatic carbocycles. The highest BCUT2D eigenvalue weighted by atomic mass is 19.4. The van der Waals surface area contributed by atoms with Crippen LogP contribution < -0.4 is 10.6 Å². The third kappa shape index (κ3) is 11.3. The minimum Gasteiger partial charge on any atom is -0.352 e. The maximum absolute atomic E-state index is 12.2. The van der Waals surface area contributed by atoms with Crippen molar-refractivity contribution in [2.45, 2.75) is 96.3 Å².